The van der Waals surface area contributed by atoms with Gasteiger partial charge in [-0.1, -0.05) is 23.7 Å². The fourth-order valence-electron chi connectivity index (χ4n) is 4.33. The van der Waals surface area contributed by atoms with Crippen LogP contribution in [0.5, 0.6) is 11.5 Å². The highest BCUT2D eigenvalue weighted by atomic mass is 35.5. The molecule has 0 unspecified atom stereocenters. The number of nitrogens with two attached hydrogens (primary N) is 1. The maximum atomic E-state index is 15.0. The Labute approximate surface area is 230 Å². The first-order chi connectivity index (χ1) is 18.8. The highest BCUT2D eigenvalue weighted by Gasteiger charge is 2.21. The van der Waals surface area contributed by atoms with Crippen molar-refractivity contribution >= 4 is 33.3 Å². The number of hydrogen-bond acceptors (Lipinski definition) is 8. The molecule has 1 aliphatic rings. The lowest BCUT2D eigenvalue weighted by molar-refractivity contribution is 0.410. The Hall–Kier alpha value is -3.80. The number of aromatic nitrogens is 3. The molecule has 5 rings (SSSR count). The molecule has 2 heterocycles. The van der Waals surface area contributed by atoms with Gasteiger partial charge in [-0.25, -0.2) is 22.8 Å². The van der Waals surface area contributed by atoms with Crippen LogP contribution in [0.2, 0.25) is 5.02 Å². The van der Waals surface area contributed by atoms with Crippen molar-refractivity contribution in [2.24, 2.45) is 5.73 Å². The second kappa shape index (κ2) is 11.5. The molecule has 4 aromatic rings. The molecule has 0 radical (unpaired) electrons. The SMILES string of the molecule is NC1CCC(Nc2nccc(-c3cnccc3Oc3ccc(NS(=O)(=O)c4ccccc4Cl)cc3F)n2)CC1. The molecule has 0 aliphatic heterocycles. The highest BCUT2D eigenvalue weighted by Crippen LogP contribution is 2.34. The minimum absolute atomic E-state index is 0.0184. The Balaban J connectivity index is 1.34. The van der Waals surface area contributed by atoms with Gasteiger partial charge in [0.1, 0.15) is 10.6 Å². The third-order valence-corrected chi connectivity index (χ3v) is 8.23. The minimum Gasteiger partial charge on any atom is -0.453 e. The van der Waals surface area contributed by atoms with Crippen molar-refractivity contribution < 1.29 is 17.5 Å². The van der Waals surface area contributed by atoms with Crippen molar-refractivity contribution in [2.75, 3.05) is 10.0 Å². The molecule has 0 atom stereocenters. The Bertz CT molecular complexity index is 1580. The molecule has 12 heteroatoms. The molecule has 1 fully saturated rings. The van der Waals surface area contributed by atoms with Crippen molar-refractivity contribution in [3.63, 3.8) is 0 Å². The van der Waals surface area contributed by atoms with E-state index in [9.17, 15) is 8.42 Å². The first-order valence-electron chi connectivity index (χ1n) is 12.3. The number of ether oxygens (including phenoxy) is 1. The fraction of sp³-hybridized carbons (Fsp3) is 0.222. The number of benzene rings is 2. The molecule has 0 bridgehead atoms. The maximum Gasteiger partial charge on any atom is 0.263 e. The molecule has 0 saturated heterocycles. The van der Waals surface area contributed by atoms with E-state index in [0.29, 0.717) is 23.0 Å². The van der Waals surface area contributed by atoms with Crippen LogP contribution in [0.25, 0.3) is 11.3 Å². The molecule has 2 aromatic carbocycles. The van der Waals surface area contributed by atoms with Gasteiger partial charge < -0.3 is 15.8 Å². The molecule has 1 aliphatic carbocycles. The Morgan fingerprint density at radius 2 is 1.79 bits per heavy atom. The predicted octanol–water partition coefficient (Wildman–Crippen LogP) is 5.61. The number of halogens is 2. The van der Waals surface area contributed by atoms with Crippen LogP contribution in [0.4, 0.5) is 16.0 Å². The summed E-state index contributed by atoms with van der Waals surface area (Å²) in [5.74, 6) is -0.0718. The van der Waals surface area contributed by atoms with Crippen LogP contribution in [0.3, 0.4) is 0 Å². The molecule has 0 amide bonds. The smallest absolute Gasteiger partial charge is 0.263 e. The number of nitrogens with zero attached hydrogens (tertiary/aromatic N) is 3. The summed E-state index contributed by atoms with van der Waals surface area (Å²) in [5.41, 5.74) is 7.11. The number of nitrogens with one attached hydrogen (secondary N) is 2. The van der Waals surface area contributed by atoms with Crippen LogP contribution in [-0.2, 0) is 10.0 Å². The van der Waals surface area contributed by atoms with Crippen LogP contribution in [0.15, 0.2) is 78.1 Å². The van der Waals surface area contributed by atoms with Crippen LogP contribution < -0.4 is 20.5 Å². The van der Waals surface area contributed by atoms with Gasteiger partial charge >= 0.3 is 0 Å². The van der Waals surface area contributed by atoms with Crippen LogP contribution >= 0.6 is 11.6 Å². The molecule has 39 heavy (non-hydrogen) atoms. The van der Waals surface area contributed by atoms with E-state index in [2.05, 4.69) is 25.0 Å². The molecule has 0 spiro atoms. The molecule has 9 nitrogen and oxygen atoms in total. The largest absolute Gasteiger partial charge is 0.453 e. The number of hydrogen-bond donors (Lipinski definition) is 3. The summed E-state index contributed by atoms with van der Waals surface area (Å²) in [5, 5.41) is 3.42. The van der Waals surface area contributed by atoms with E-state index in [0.717, 1.165) is 31.7 Å². The van der Waals surface area contributed by atoms with E-state index in [4.69, 9.17) is 22.1 Å². The van der Waals surface area contributed by atoms with Crippen molar-refractivity contribution in [1.29, 1.82) is 0 Å². The Morgan fingerprint density at radius 3 is 2.56 bits per heavy atom. The molecule has 202 valence electrons. The topological polar surface area (TPSA) is 132 Å². The second-order valence-electron chi connectivity index (χ2n) is 9.18. The zero-order valence-corrected chi connectivity index (χ0v) is 22.3. The monoisotopic (exact) mass is 568 g/mol. The van der Waals surface area contributed by atoms with E-state index in [1.54, 1.807) is 36.7 Å². The average Bonchev–Trinajstić information content (AvgIpc) is 2.92. The van der Waals surface area contributed by atoms with E-state index in [1.165, 1.54) is 30.5 Å². The van der Waals surface area contributed by atoms with Gasteiger partial charge in [0.25, 0.3) is 10.0 Å². The van der Waals surface area contributed by atoms with Gasteiger partial charge in [0.15, 0.2) is 11.6 Å². The molecular weight excluding hydrogens is 543 g/mol. The van der Waals surface area contributed by atoms with E-state index < -0.39 is 15.8 Å². The maximum absolute atomic E-state index is 15.0. The Morgan fingerprint density at radius 1 is 1.00 bits per heavy atom. The summed E-state index contributed by atoms with van der Waals surface area (Å²) in [7, 11) is -4.02. The molecule has 1 saturated carbocycles. The van der Waals surface area contributed by atoms with Gasteiger partial charge in [-0.3, -0.25) is 9.71 Å². The van der Waals surface area contributed by atoms with Crippen molar-refractivity contribution in [3.8, 4) is 22.8 Å². The van der Waals surface area contributed by atoms with Gasteiger partial charge in [-0.2, -0.15) is 0 Å². The van der Waals surface area contributed by atoms with Crippen molar-refractivity contribution in [2.45, 2.75) is 42.7 Å². The number of rotatable bonds is 8. The summed E-state index contributed by atoms with van der Waals surface area (Å²) in [6, 6.07) is 13.6. The minimum atomic E-state index is -4.02. The van der Waals surface area contributed by atoms with Gasteiger partial charge in [-0.15, -0.1) is 0 Å². The van der Waals surface area contributed by atoms with Gasteiger partial charge in [0.05, 0.1) is 22.0 Å². The summed E-state index contributed by atoms with van der Waals surface area (Å²) in [6.45, 7) is 0. The Kier molecular flexibility index (Phi) is 7.92. The van der Waals surface area contributed by atoms with E-state index >= 15 is 4.39 Å². The summed E-state index contributed by atoms with van der Waals surface area (Å²) in [6.07, 6.45) is 8.52. The normalized spacial score (nSPS) is 17.4. The highest BCUT2D eigenvalue weighted by molar-refractivity contribution is 7.92. The zero-order chi connectivity index (χ0) is 27.4. The first-order valence-corrected chi connectivity index (χ1v) is 14.2. The molecular formula is C27H26ClFN6O3S. The van der Waals surface area contributed by atoms with Crippen LogP contribution in [0.1, 0.15) is 25.7 Å². The molecule has 2 aromatic heterocycles. The summed E-state index contributed by atoms with van der Waals surface area (Å²) in [4.78, 5) is 13.0. The van der Waals surface area contributed by atoms with E-state index in [-0.39, 0.29) is 33.4 Å². The summed E-state index contributed by atoms with van der Waals surface area (Å²) < 4.78 is 48.6. The zero-order valence-electron chi connectivity index (χ0n) is 20.7. The summed E-state index contributed by atoms with van der Waals surface area (Å²) >= 11 is 6.01. The second-order valence-corrected chi connectivity index (χ2v) is 11.2. The predicted molar refractivity (Wildman–Crippen MR) is 148 cm³/mol. The lowest BCUT2D eigenvalue weighted by Gasteiger charge is -2.26. The lowest BCUT2D eigenvalue weighted by Crippen LogP contribution is -2.33. The van der Waals surface area contributed by atoms with Crippen molar-refractivity contribution in [3.05, 3.63) is 84.0 Å². The van der Waals surface area contributed by atoms with Crippen LogP contribution in [-0.4, -0.2) is 35.5 Å². The lowest BCUT2D eigenvalue weighted by atomic mass is 9.92. The first kappa shape index (κ1) is 26.8. The molecule has 4 N–H and O–H groups in total. The van der Waals surface area contributed by atoms with Crippen LogP contribution in [0, 0.1) is 5.82 Å². The van der Waals surface area contributed by atoms with Crippen molar-refractivity contribution in [1.82, 2.24) is 15.0 Å². The number of anilines is 2. The fourth-order valence-corrected chi connectivity index (χ4v) is 5.90. The van der Waals surface area contributed by atoms with E-state index in [1.807, 2.05) is 0 Å². The third-order valence-electron chi connectivity index (χ3n) is 6.35. The third kappa shape index (κ3) is 6.44. The van der Waals surface area contributed by atoms with Gasteiger partial charge in [-0.05, 0) is 62.1 Å². The van der Waals surface area contributed by atoms with Gasteiger partial charge in [0.2, 0.25) is 5.95 Å². The number of sulfonamides is 1. The number of pyridine rings is 1. The average molecular weight is 569 g/mol. The van der Waals surface area contributed by atoms with Gasteiger partial charge in [0, 0.05) is 36.7 Å². The quantitative estimate of drug-likeness (QED) is 0.250. The standard InChI is InChI=1S/C27H26ClFN6O3S/c28-21-3-1-2-4-26(21)39(36,37)35-19-9-10-25(22(29)15-19)38-24-12-13-31-16-20(24)23-11-14-32-27(34-23)33-18-7-5-17(30)6-8-18/h1-4,9-18,35H,5-8,30H2,(H,32,33,34).